The Balaban J connectivity index is 1.75. The summed E-state index contributed by atoms with van der Waals surface area (Å²) in [5.74, 6) is -1.95. The number of rotatable bonds is 6. The molecule has 4 atom stereocenters. The molecule has 8 nitrogen and oxygen atoms in total. The number of nitrogens with one attached hydrogen (secondary N) is 1. The van der Waals surface area contributed by atoms with Gasteiger partial charge >= 0.3 is 11.9 Å². The third kappa shape index (κ3) is 4.17. The minimum Gasteiger partial charge on any atom is -0.507 e. The number of benzene rings is 1. The Hall–Kier alpha value is -2.87. The van der Waals surface area contributed by atoms with E-state index in [9.17, 15) is 24.6 Å². The van der Waals surface area contributed by atoms with Crippen molar-refractivity contribution in [1.82, 2.24) is 5.32 Å². The van der Waals surface area contributed by atoms with Gasteiger partial charge in [-0.25, -0.2) is 9.59 Å². The fourth-order valence-electron chi connectivity index (χ4n) is 3.46. The maximum Gasteiger partial charge on any atom is 0.342 e. The summed E-state index contributed by atoms with van der Waals surface area (Å²) in [5, 5.41) is 22.8. The van der Waals surface area contributed by atoms with Crippen molar-refractivity contribution in [3.05, 3.63) is 41.5 Å². The highest BCUT2D eigenvalue weighted by Crippen LogP contribution is 2.30. The molecule has 0 unspecified atom stereocenters. The van der Waals surface area contributed by atoms with Crippen molar-refractivity contribution in [2.45, 2.75) is 51.0 Å². The summed E-state index contributed by atoms with van der Waals surface area (Å²) in [4.78, 5) is 36.0. The maximum atomic E-state index is 12.5. The number of aromatic hydroxyl groups is 1. The monoisotopic (exact) mass is 389 g/mol. The molecule has 0 saturated carbocycles. The third-order valence-electron chi connectivity index (χ3n) is 4.77. The molecule has 3 N–H and O–H groups in total. The largest absolute Gasteiger partial charge is 0.507 e. The van der Waals surface area contributed by atoms with Crippen LogP contribution in [0.15, 0.2) is 30.4 Å². The first kappa shape index (κ1) is 19.9. The smallest absolute Gasteiger partial charge is 0.342 e. The van der Waals surface area contributed by atoms with Crippen LogP contribution >= 0.6 is 0 Å². The molecule has 2 heterocycles. The van der Waals surface area contributed by atoms with E-state index in [1.807, 2.05) is 13.8 Å². The van der Waals surface area contributed by atoms with Crippen molar-refractivity contribution < 1.29 is 34.1 Å². The number of ether oxygens (including phenoxy) is 2. The Kier molecular flexibility index (Phi) is 5.69. The van der Waals surface area contributed by atoms with Crippen LogP contribution in [-0.2, 0) is 25.5 Å². The Labute approximate surface area is 162 Å². The van der Waals surface area contributed by atoms with E-state index in [1.165, 1.54) is 12.1 Å². The number of esters is 2. The highest BCUT2D eigenvalue weighted by molar-refractivity contribution is 5.95. The van der Waals surface area contributed by atoms with E-state index in [-0.39, 0.29) is 17.2 Å². The van der Waals surface area contributed by atoms with Crippen LogP contribution in [0.3, 0.4) is 0 Å². The van der Waals surface area contributed by atoms with Crippen LogP contribution in [0.5, 0.6) is 5.75 Å². The van der Waals surface area contributed by atoms with Crippen molar-refractivity contribution in [1.29, 1.82) is 0 Å². The molecule has 2 aliphatic rings. The third-order valence-corrected chi connectivity index (χ3v) is 4.77. The van der Waals surface area contributed by atoms with E-state index in [4.69, 9.17) is 9.47 Å². The standard InChI is InChI=1S/C20H23NO7/c1-10(2)8-12(21-19(25)18(24)14-6-7-16(23)27-14)15-9-11-4-3-5-13(22)17(11)20(26)28-15/h3-7,10,12,14-15,18,22,24H,8-9H2,1-2H3,(H,21,25)/t12-,14-,15-,18-/m0/s1. The SMILES string of the molecule is CC(C)C[C@H](NC(=O)[C@@H](O)[C@@H]1C=CC(=O)O1)[C@@H]1Cc2cccc(O)c2C(=O)O1. The van der Waals surface area contributed by atoms with Gasteiger partial charge in [0.1, 0.15) is 17.4 Å². The van der Waals surface area contributed by atoms with Gasteiger partial charge in [-0.15, -0.1) is 0 Å². The number of amides is 1. The number of aliphatic hydroxyl groups excluding tert-OH is 1. The van der Waals surface area contributed by atoms with Crippen molar-refractivity contribution in [3.63, 3.8) is 0 Å². The highest BCUT2D eigenvalue weighted by atomic mass is 16.6. The summed E-state index contributed by atoms with van der Waals surface area (Å²) in [7, 11) is 0. The van der Waals surface area contributed by atoms with Gasteiger partial charge in [-0.3, -0.25) is 4.79 Å². The molecule has 150 valence electrons. The molecule has 1 amide bonds. The van der Waals surface area contributed by atoms with E-state index < -0.39 is 42.2 Å². The first-order chi connectivity index (χ1) is 13.3. The van der Waals surface area contributed by atoms with Gasteiger partial charge in [0.25, 0.3) is 5.91 Å². The van der Waals surface area contributed by atoms with Crippen LogP contribution in [0, 0.1) is 5.92 Å². The van der Waals surface area contributed by atoms with Gasteiger partial charge in [0.15, 0.2) is 12.2 Å². The second kappa shape index (κ2) is 8.02. The normalized spacial score (nSPS) is 23.0. The number of phenolic OH excluding ortho intramolecular Hbond substituents is 1. The highest BCUT2D eigenvalue weighted by Gasteiger charge is 2.37. The topological polar surface area (TPSA) is 122 Å². The van der Waals surface area contributed by atoms with Gasteiger partial charge in [-0.05, 0) is 30.0 Å². The molecule has 1 aromatic carbocycles. The molecule has 0 bridgehead atoms. The van der Waals surface area contributed by atoms with Crippen LogP contribution in [0.2, 0.25) is 0 Å². The lowest BCUT2D eigenvalue weighted by atomic mass is 9.90. The molecule has 0 radical (unpaired) electrons. The van der Waals surface area contributed by atoms with E-state index in [1.54, 1.807) is 12.1 Å². The van der Waals surface area contributed by atoms with Crippen molar-refractivity contribution in [2.75, 3.05) is 0 Å². The lowest BCUT2D eigenvalue weighted by molar-refractivity contribution is -0.148. The average molecular weight is 389 g/mol. The molecule has 0 aromatic heterocycles. The molecule has 0 spiro atoms. The molecule has 0 fully saturated rings. The van der Waals surface area contributed by atoms with E-state index in [0.717, 1.165) is 6.08 Å². The predicted octanol–water partition coefficient (Wildman–Crippen LogP) is 0.847. The number of hydrogen-bond acceptors (Lipinski definition) is 7. The zero-order chi connectivity index (χ0) is 20.4. The number of fused-ring (bicyclic) bond motifs is 1. The fourth-order valence-corrected chi connectivity index (χ4v) is 3.46. The van der Waals surface area contributed by atoms with Crippen molar-refractivity contribution in [3.8, 4) is 5.75 Å². The number of hydrogen-bond donors (Lipinski definition) is 3. The van der Waals surface area contributed by atoms with Crippen molar-refractivity contribution in [2.24, 2.45) is 5.92 Å². The Morgan fingerprint density at radius 1 is 1.29 bits per heavy atom. The van der Waals surface area contributed by atoms with Gasteiger partial charge < -0.3 is 25.0 Å². The van der Waals surface area contributed by atoms with Gasteiger partial charge in [0.2, 0.25) is 0 Å². The van der Waals surface area contributed by atoms with Crippen LogP contribution in [0.4, 0.5) is 0 Å². The van der Waals surface area contributed by atoms with Crippen LogP contribution in [0.25, 0.3) is 0 Å². The van der Waals surface area contributed by atoms with E-state index in [0.29, 0.717) is 18.4 Å². The van der Waals surface area contributed by atoms with E-state index in [2.05, 4.69) is 5.32 Å². The van der Waals surface area contributed by atoms with Crippen LogP contribution in [-0.4, -0.2) is 52.4 Å². The first-order valence-corrected chi connectivity index (χ1v) is 9.15. The van der Waals surface area contributed by atoms with Gasteiger partial charge in [0.05, 0.1) is 6.04 Å². The fraction of sp³-hybridized carbons (Fsp3) is 0.450. The molecular weight excluding hydrogens is 366 g/mol. The molecule has 0 saturated heterocycles. The zero-order valence-electron chi connectivity index (χ0n) is 15.6. The summed E-state index contributed by atoms with van der Waals surface area (Å²) in [6, 6.07) is 4.24. The number of cyclic esters (lactones) is 2. The number of aliphatic hydroxyl groups is 1. The number of phenols is 1. The molecule has 0 aliphatic carbocycles. The summed E-state index contributed by atoms with van der Waals surface area (Å²) in [6.45, 7) is 3.92. The second-order valence-electron chi connectivity index (χ2n) is 7.41. The Morgan fingerprint density at radius 3 is 2.68 bits per heavy atom. The molecular formula is C20H23NO7. The molecule has 3 rings (SSSR count). The molecule has 1 aromatic rings. The van der Waals surface area contributed by atoms with Crippen molar-refractivity contribution >= 4 is 17.8 Å². The van der Waals surface area contributed by atoms with E-state index >= 15 is 0 Å². The minimum atomic E-state index is -1.56. The average Bonchev–Trinajstić information content (AvgIpc) is 3.06. The zero-order valence-corrected chi connectivity index (χ0v) is 15.6. The van der Waals surface area contributed by atoms with Crippen LogP contribution < -0.4 is 5.32 Å². The maximum absolute atomic E-state index is 12.5. The quantitative estimate of drug-likeness (QED) is 0.617. The van der Waals surface area contributed by atoms with Gasteiger partial charge in [0, 0.05) is 12.5 Å². The minimum absolute atomic E-state index is 0.136. The van der Waals surface area contributed by atoms with Gasteiger partial charge in [-0.2, -0.15) is 0 Å². The second-order valence-corrected chi connectivity index (χ2v) is 7.41. The summed E-state index contributed by atoms with van der Waals surface area (Å²) in [6.07, 6.45) is 0.0450. The molecule has 8 heteroatoms. The summed E-state index contributed by atoms with van der Waals surface area (Å²) < 4.78 is 10.3. The molecule has 2 aliphatic heterocycles. The lowest BCUT2D eigenvalue weighted by Crippen LogP contribution is -2.53. The van der Waals surface area contributed by atoms with Crippen LogP contribution in [0.1, 0.15) is 36.2 Å². The number of carbonyl (C=O) groups is 3. The summed E-state index contributed by atoms with van der Waals surface area (Å²) in [5.41, 5.74) is 0.772. The Morgan fingerprint density at radius 2 is 2.04 bits per heavy atom. The molecule has 28 heavy (non-hydrogen) atoms. The summed E-state index contributed by atoms with van der Waals surface area (Å²) >= 11 is 0. The Bertz CT molecular complexity index is 817. The predicted molar refractivity (Wildman–Crippen MR) is 97.4 cm³/mol. The first-order valence-electron chi connectivity index (χ1n) is 9.15. The van der Waals surface area contributed by atoms with Gasteiger partial charge in [-0.1, -0.05) is 26.0 Å². The number of carbonyl (C=O) groups excluding carboxylic acids is 3. The lowest BCUT2D eigenvalue weighted by Gasteiger charge is -2.33.